The zero-order valence-electron chi connectivity index (χ0n) is 16.2. The normalized spacial score (nSPS) is 15.5. The zero-order valence-corrected chi connectivity index (χ0v) is 17.0. The van der Waals surface area contributed by atoms with Gasteiger partial charge in [-0.2, -0.15) is 0 Å². The molecule has 3 rings (SSSR count). The molecule has 150 valence electrons. The summed E-state index contributed by atoms with van der Waals surface area (Å²) in [5.41, 5.74) is 1.18. The minimum absolute atomic E-state index is 0.0144. The van der Waals surface area contributed by atoms with Gasteiger partial charge in [0.2, 0.25) is 15.7 Å². The lowest BCUT2D eigenvalue weighted by molar-refractivity contribution is -0.116. The molecule has 2 aromatic carbocycles. The van der Waals surface area contributed by atoms with Gasteiger partial charge in [-0.3, -0.25) is 4.79 Å². The number of anilines is 2. The van der Waals surface area contributed by atoms with Crippen LogP contribution in [0.5, 0.6) is 0 Å². The molecule has 0 spiro atoms. The number of amides is 1. The first-order valence-electron chi connectivity index (χ1n) is 9.02. The Labute approximate surface area is 165 Å². The number of hydrogen-bond acceptors (Lipinski definition) is 5. The second-order valence-corrected chi connectivity index (χ2v) is 8.90. The molecule has 0 bridgehead atoms. The maximum Gasteiger partial charge on any atom is 0.223 e. The van der Waals surface area contributed by atoms with E-state index in [0.29, 0.717) is 5.69 Å². The quantitative estimate of drug-likeness (QED) is 0.731. The van der Waals surface area contributed by atoms with Gasteiger partial charge in [0.05, 0.1) is 15.5 Å². The number of benzene rings is 2. The Morgan fingerprint density at radius 1 is 1.04 bits per heavy atom. The van der Waals surface area contributed by atoms with Gasteiger partial charge < -0.3 is 14.7 Å². The summed E-state index contributed by atoms with van der Waals surface area (Å²) in [6, 6.07) is 9.72. The second-order valence-electron chi connectivity index (χ2n) is 6.98. The molecular weight excluding hydrogens is 381 g/mol. The second kappa shape index (κ2) is 7.89. The van der Waals surface area contributed by atoms with Crippen LogP contribution < -0.4 is 9.80 Å². The molecule has 0 aliphatic carbocycles. The van der Waals surface area contributed by atoms with Crippen molar-refractivity contribution >= 4 is 27.1 Å². The van der Waals surface area contributed by atoms with Crippen molar-refractivity contribution in [3.63, 3.8) is 0 Å². The number of likely N-dealkylation sites (N-methyl/N-ethyl adjacent to an activating group) is 1. The van der Waals surface area contributed by atoms with Crippen molar-refractivity contribution < 1.29 is 17.6 Å². The number of carbonyl (C=O) groups is 1. The average Bonchev–Trinajstić information content (AvgIpc) is 2.67. The molecule has 1 aliphatic heterocycles. The standard InChI is InChI=1S/C20H24FN3O3S/c1-15(25)23(3)19-14-17(24-12-10-22(2)11-13-24)6-9-20(19)28(26,27)18-7-4-16(21)5-8-18/h4-9,14H,10-13H2,1-3H3. The number of hydrogen-bond donors (Lipinski definition) is 0. The molecule has 0 aromatic heterocycles. The van der Waals surface area contributed by atoms with E-state index in [4.69, 9.17) is 0 Å². The van der Waals surface area contributed by atoms with Crippen LogP contribution in [0, 0.1) is 5.82 Å². The van der Waals surface area contributed by atoms with Crippen molar-refractivity contribution in [3.8, 4) is 0 Å². The van der Waals surface area contributed by atoms with E-state index in [-0.39, 0.29) is 15.7 Å². The summed E-state index contributed by atoms with van der Waals surface area (Å²) in [4.78, 5) is 17.7. The molecular formula is C20H24FN3O3S. The third-order valence-electron chi connectivity index (χ3n) is 5.06. The van der Waals surface area contributed by atoms with Crippen molar-refractivity contribution in [3.05, 3.63) is 48.3 Å². The molecule has 2 aromatic rings. The molecule has 6 nitrogen and oxygen atoms in total. The number of carbonyl (C=O) groups excluding carboxylic acids is 1. The van der Waals surface area contributed by atoms with Crippen LogP contribution in [0.3, 0.4) is 0 Å². The molecule has 1 fully saturated rings. The summed E-state index contributed by atoms with van der Waals surface area (Å²) < 4.78 is 39.5. The monoisotopic (exact) mass is 405 g/mol. The predicted octanol–water partition coefficient (Wildman–Crippen LogP) is 2.39. The van der Waals surface area contributed by atoms with Crippen LogP contribution in [0.15, 0.2) is 52.3 Å². The maximum atomic E-state index is 13.2. The van der Waals surface area contributed by atoms with Crippen molar-refractivity contribution in [2.75, 3.05) is 50.1 Å². The summed E-state index contributed by atoms with van der Waals surface area (Å²) >= 11 is 0. The van der Waals surface area contributed by atoms with Crippen LogP contribution >= 0.6 is 0 Å². The summed E-state index contributed by atoms with van der Waals surface area (Å²) in [7, 11) is -0.298. The number of piperazine rings is 1. The van der Waals surface area contributed by atoms with Gasteiger partial charge in [-0.1, -0.05) is 0 Å². The van der Waals surface area contributed by atoms with Crippen LogP contribution in [-0.2, 0) is 14.6 Å². The van der Waals surface area contributed by atoms with Crippen molar-refractivity contribution in [1.82, 2.24) is 4.90 Å². The molecule has 28 heavy (non-hydrogen) atoms. The van der Waals surface area contributed by atoms with E-state index in [1.807, 2.05) is 0 Å². The molecule has 0 unspecified atom stereocenters. The van der Waals surface area contributed by atoms with E-state index in [1.165, 1.54) is 30.0 Å². The third kappa shape index (κ3) is 4.02. The highest BCUT2D eigenvalue weighted by Crippen LogP contribution is 2.34. The number of nitrogens with zero attached hydrogens (tertiary/aromatic N) is 3. The van der Waals surface area contributed by atoms with Crippen molar-refractivity contribution in [2.45, 2.75) is 16.7 Å². The predicted molar refractivity (Wildman–Crippen MR) is 107 cm³/mol. The highest BCUT2D eigenvalue weighted by atomic mass is 32.2. The van der Waals surface area contributed by atoms with Gasteiger partial charge in [0.15, 0.2) is 0 Å². The number of halogens is 1. The van der Waals surface area contributed by atoms with Crippen LogP contribution in [-0.4, -0.2) is 59.5 Å². The molecule has 1 aliphatic rings. The van der Waals surface area contributed by atoms with Gasteiger partial charge >= 0.3 is 0 Å². The van der Waals surface area contributed by atoms with Crippen LogP contribution in [0.1, 0.15) is 6.92 Å². The fraction of sp³-hybridized carbons (Fsp3) is 0.350. The summed E-state index contributed by atoms with van der Waals surface area (Å²) in [5.74, 6) is -0.781. The Morgan fingerprint density at radius 2 is 1.64 bits per heavy atom. The summed E-state index contributed by atoms with van der Waals surface area (Å²) in [6.07, 6.45) is 0. The lowest BCUT2D eigenvalue weighted by atomic mass is 10.2. The Balaban J connectivity index is 2.07. The smallest absolute Gasteiger partial charge is 0.223 e. The van der Waals surface area contributed by atoms with Crippen molar-refractivity contribution in [1.29, 1.82) is 0 Å². The Kier molecular flexibility index (Phi) is 5.71. The lowest BCUT2D eigenvalue weighted by Crippen LogP contribution is -2.44. The van der Waals surface area contributed by atoms with E-state index in [1.54, 1.807) is 19.2 Å². The fourth-order valence-corrected chi connectivity index (χ4v) is 4.63. The largest absolute Gasteiger partial charge is 0.369 e. The SMILES string of the molecule is CC(=O)N(C)c1cc(N2CCN(C)CC2)ccc1S(=O)(=O)c1ccc(F)cc1. The van der Waals surface area contributed by atoms with E-state index in [9.17, 15) is 17.6 Å². The van der Waals surface area contributed by atoms with E-state index in [2.05, 4.69) is 16.8 Å². The number of sulfone groups is 1. The van der Waals surface area contributed by atoms with Gasteiger partial charge in [-0.25, -0.2) is 12.8 Å². The van der Waals surface area contributed by atoms with Gasteiger partial charge in [0.25, 0.3) is 0 Å². The maximum absolute atomic E-state index is 13.2. The lowest BCUT2D eigenvalue weighted by Gasteiger charge is -2.34. The molecule has 1 heterocycles. The molecule has 0 saturated carbocycles. The molecule has 0 atom stereocenters. The summed E-state index contributed by atoms with van der Waals surface area (Å²) in [5, 5.41) is 0. The Morgan fingerprint density at radius 3 is 2.21 bits per heavy atom. The average molecular weight is 405 g/mol. The minimum atomic E-state index is -3.91. The Hall–Kier alpha value is -2.45. The summed E-state index contributed by atoms with van der Waals surface area (Å²) in [6.45, 7) is 4.85. The third-order valence-corrected chi connectivity index (χ3v) is 6.88. The first-order valence-corrected chi connectivity index (χ1v) is 10.5. The number of rotatable bonds is 4. The minimum Gasteiger partial charge on any atom is -0.369 e. The highest BCUT2D eigenvalue weighted by Gasteiger charge is 2.26. The van der Waals surface area contributed by atoms with Crippen LogP contribution in [0.4, 0.5) is 15.8 Å². The van der Waals surface area contributed by atoms with Gasteiger partial charge in [-0.15, -0.1) is 0 Å². The molecule has 1 saturated heterocycles. The molecule has 1 amide bonds. The van der Waals surface area contributed by atoms with E-state index in [0.717, 1.165) is 44.0 Å². The Bertz CT molecular complexity index is 969. The first-order chi connectivity index (χ1) is 13.2. The topological polar surface area (TPSA) is 60.9 Å². The molecule has 0 N–H and O–H groups in total. The van der Waals surface area contributed by atoms with Gasteiger partial charge in [0, 0.05) is 45.8 Å². The van der Waals surface area contributed by atoms with E-state index >= 15 is 0 Å². The van der Waals surface area contributed by atoms with Gasteiger partial charge in [0.1, 0.15) is 5.82 Å². The molecule has 8 heteroatoms. The van der Waals surface area contributed by atoms with Crippen LogP contribution in [0.25, 0.3) is 0 Å². The first kappa shape index (κ1) is 20.3. The molecule has 0 radical (unpaired) electrons. The van der Waals surface area contributed by atoms with Gasteiger partial charge in [-0.05, 0) is 49.5 Å². The zero-order chi connectivity index (χ0) is 20.5. The van der Waals surface area contributed by atoms with E-state index < -0.39 is 15.7 Å². The van der Waals surface area contributed by atoms with Crippen molar-refractivity contribution in [2.24, 2.45) is 0 Å². The highest BCUT2D eigenvalue weighted by molar-refractivity contribution is 7.91. The van der Waals surface area contributed by atoms with Crippen LogP contribution in [0.2, 0.25) is 0 Å². The fourth-order valence-electron chi connectivity index (χ4n) is 3.17.